The zero-order valence-electron chi connectivity index (χ0n) is 18.8. The summed E-state index contributed by atoms with van der Waals surface area (Å²) in [5, 5.41) is 8.02. The van der Waals surface area contributed by atoms with Crippen LogP contribution < -0.4 is 20.9 Å². The van der Waals surface area contributed by atoms with E-state index in [0.29, 0.717) is 18.5 Å². The van der Waals surface area contributed by atoms with Gasteiger partial charge in [-0.2, -0.15) is 0 Å². The largest absolute Gasteiger partial charge is 0.371 e. The summed E-state index contributed by atoms with van der Waals surface area (Å²) in [4.78, 5) is 52.8. The number of hydrogen-bond acceptors (Lipinski definition) is 5. The van der Waals surface area contributed by atoms with Crippen LogP contribution in [0.1, 0.15) is 47.2 Å². The SMILES string of the molecule is O=C1CCC(N2Cc3ccc(CNC(=O)Nc4cccc(N5CCCC5)c4)cc3C2=O)C(=O)N1. The summed E-state index contributed by atoms with van der Waals surface area (Å²) in [6.45, 7) is 2.67. The van der Waals surface area contributed by atoms with Crippen molar-refractivity contribution in [2.75, 3.05) is 23.3 Å². The third-order valence-electron chi connectivity index (χ3n) is 6.62. The third kappa shape index (κ3) is 4.46. The van der Waals surface area contributed by atoms with E-state index in [1.54, 1.807) is 6.07 Å². The Labute approximate surface area is 197 Å². The van der Waals surface area contributed by atoms with Gasteiger partial charge in [-0.25, -0.2) is 4.79 Å². The number of nitrogens with zero attached hydrogens (tertiary/aromatic N) is 2. The number of benzene rings is 2. The molecule has 0 spiro atoms. The second-order valence-electron chi connectivity index (χ2n) is 8.94. The molecule has 3 aliphatic heterocycles. The normalized spacial score (nSPS) is 19.8. The summed E-state index contributed by atoms with van der Waals surface area (Å²) < 4.78 is 0. The minimum absolute atomic E-state index is 0.224. The van der Waals surface area contributed by atoms with Crippen LogP contribution >= 0.6 is 0 Å². The summed E-state index contributed by atoms with van der Waals surface area (Å²) in [5.41, 5.74) is 3.99. The number of fused-ring (bicyclic) bond motifs is 1. The van der Waals surface area contributed by atoms with E-state index in [1.165, 1.54) is 17.7 Å². The zero-order valence-corrected chi connectivity index (χ0v) is 18.8. The fraction of sp³-hybridized carbons (Fsp3) is 0.360. The molecule has 5 amide bonds. The van der Waals surface area contributed by atoms with Gasteiger partial charge in [0.1, 0.15) is 6.04 Å². The fourth-order valence-corrected chi connectivity index (χ4v) is 4.83. The van der Waals surface area contributed by atoms with Crippen LogP contribution in [-0.2, 0) is 22.7 Å². The number of amides is 5. The number of carbonyl (C=O) groups excluding carboxylic acids is 4. The molecule has 1 unspecified atom stereocenters. The standard InChI is InChI=1S/C25H27N5O4/c31-22-9-8-21(23(32)28-22)30-15-17-7-6-16(12-20(17)24(30)33)14-26-25(34)27-18-4-3-5-19(13-18)29-10-1-2-11-29/h3-7,12-13,21H,1-2,8-11,14-15H2,(H2,26,27,34)(H,28,31,32). The average Bonchev–Trinajstić information content (AvgIpc) is 3.47. The lowest BCUT2D eigenvalue weighted by atomic mass is 10.0. The first-order chi connectivity index (χ1) is 16.5. The number of nitrogens with one attached hydrogen (secondary N) is 3. The molecule has 2 aromatic carbocycles. The molecule has 3 aliphatic rings. The average molecular weight is 462 g/mol. The minimum Gasteiger partial charge on any atom is -0.371 e. The molecule has 0 aromatic heterocycles. The highest BCUT2D eigenvalue weighted by Gasteiger charge is 2.39. The number of carbonyl (C=O) groups is 4. The molecule has 2 aromatic rings. The van der Waals surface area contributed by atoms with Crippen molar-refractivity contribution in [3.05, 3.63) is 59.2 Å². The highest BCUT2D eigenvalue weighted by atomic mass is 16.2. The van der Waals surface area contributed by atoms with Crippen LogP contribution in [0.15, 0.2) is 42.5 Å². The summed E-state index contributed by atoms with van der Waals surface area (Å²) in [6, 6.07) is 12.3. The molecule has 0 aliphatic carbocycles. The first kappa shape index (κ1) is 21.9. The van der Waals surface area contributed by atoms with Crippen molar-refractivity contribution in [3.63, 3.8) is 0 Å². The van der Waals surface area contributed by atoms with E-state index in [1.807, 2.05) is 36.4 Å². The quantitative estimate of drug-likeness (QED) is 0.592. The molecule has 176 valence electrons. The maximum absolute atomic E-state index is 13.0. The predicted molar refractivity (Wildman–Crippen MR) is 126 cm³/mol. The Hall–Kier alpha value is -3.88. The Morgan fingerprint density at radius 1 is 1.06 bits per heavy atom. The van der Waals surface area contributed by atoms with Crippen molar-refractivity contribution in [1.82, 2.24) is 15.5 Å². The van der Waals surface area contributed by atoms with Crippen molar-refractivity contribution < 1.29 is 19.2 Å². The minimum atomic E-state index is -0.638. The molecular weight excluding hydrogens is 434 g/mol. The van der Waals surface area contributed by atoms with Crippen LogP contribution in [0.2, 0.25) is 0 Å². The van der Waals surface area contributed by atoms with Gasteiger partial charge in [0.05, 0.1) is 0 Å². The second-order valence-corrected chi connectivity index (χ2v) is 8.94. The van der Waals surface area contributed by atoms with Crippen molar-refractivity contribution in [3.8, 4) is 0 Å². The summed E-state index contributed by atoms with van der Waals surface area (Å²) >= 11 is 0. The maximum atomic E-state index is 13.0. The van der Waals surface area contributed by atoms with Crippen LogP contribution in [0.4, 0.5) is 16.2 Å². The number of rotatable bonds is 5. The smallest absolute Gasteiger partial charge is 0.319 e. The number of imide groups is 1. The Kier molecular flexibility index (Phi) is 5.91. The molecule has 2 fully saturated rings. The van der Waals surface area contributed by atoms with Crippen molar-refractivity contribution in [1.29, 1.82) is 0 Å². The van der Waals surface area contributed by atoms with Gasteiger partial charge in [-0.05, 0) is 54.7 Å². The lowest BCUT2D eigenvalue weighted by Crippen LogP contribution is -2.52. The van der Waals surface area contributed by atoms with E-state index in [2.05, 4.69) is 20.9 Å². The van der Waals surface area contributed by atoms with Crippen molar-refractivity contribution >= 4 is 35.1 Å². The Morgan fingerprint density at radius 3 is 2.68 bits per heavy atom. The van der Waals surface area contributed by atoms with Gasteiger partial charge in [-0.3, -0.25) is 19.7 Å². The molecular formula is C25H27N5O4. The van der Waals surface area contributed by atoms with Crippen LogP contribution in [0.3, 0.4) is 0 Å². The predicted octanol–water partition coefficient (Wildman–Crippen LogP) is 2.37. The molecule has 9 heteroatoms. The van der Waals surface area contributed by atoms with E-state index >= 15 is 0 Å². The lowest BCUT2D eigenvalue weighted by Gasteiger charge is -2.29. The van der Waals surface area contributed by atoms with E-state index in [4.69, 9.17) is 0 Å². The lowest BCUT2D eigenvalue weighted by molar-refractivity contribution is -0.136. The van der Waals surface area contributed by atoms with Gasteiger partial charge < -0.3 is 20.4 Å². The summed E-state index contributed by atoms with van der Waals surface area (Å²) in [5.74, 6) is -0.959. The molecule has 0 bridgehead atoms. The first-order valence-corrected chi connectivity index (χ1v) is 11.6. The monoisotopic (exact) mass is 461 g/mol. The first-order valence-electron chi connectivity index (χ1n) is 11.6. The van der Waals surface area contributed by atoms with Crippen LogP contribution in [0.5, 0.6) is 0 Å². The molecule has 2 saturated heterocycles. The summed E-state index contributed by atoms with van der Waals surface area (Å²) in [6.07, 6.45) is 2.93. The van der Waals surface area contributed by atoms with E-state index < -0.39 is 11.9 Å². The van der Waals surface area contributed by atoms with Gasteiger partial charge >= 0.3 is 6.03 Å². The molecule has 5 rings (SSSR count). The number of piperidine rings is 1. The second kappa shape index (κ2) is 9.17. The topological polar surface area (TPSA) is 111 Å². The zero-order chi connectivity index (χ0) is 23.7. The molecule has 34 heavy (non-hydrogen) atoms. The summed E-state index contributed by atoms with van der Waals surface area (Å²) in [7, 11) is 0. The van der Waals surface area contributed by atoms with Gasteiger partial charge in [-0.15, -0.1) is 0 Å². The highest BCUT2D eigenvalue weighted by molar-refractivity contribution is 6.05. The van der Waals surface area contributed by atoms with Gasteiger partial charge in [0, 0.05) is 49.5 Å². The number of anilines is 2. The van der Waals surface area contributed by atoms with Gasteiger partial charge in [0.25, 0.3) is 5.91 Å². The van der Waals surface area contributed by atoms with Gasteiger partial charge in [0.15, 0.2) is 0 Å². The van der Waals surface area contributed by atoms with Crippen LogP contribution in [0, 0.1) is 0 Å². The van der Waals surface area contributed by atoms with E-state index in [9.17, 15) is 19.2 Å². The van der Waals surface area contributed by atoms with E-state index in [-0.39, 0.29) is 30.8 Å². The van der Waals surface area contributed by atoms with Crippen LogP contribution in [-0.4, -0.2) is 47.8 Å². The molecule has 3 heterocycles. The number of hydrogen-bond donors (Lipinski definition) is 3. The Bertz CT molecular complexity index is 1160. The molecule has 0 saturated carbocycles. The molecule has 1 atom stereocenters. The highest BCUT2D eigenvalue weighted by Crippen LogP contribution is 2.28. The molecule has 0 radical (unpaired) electrons. The van der Waals surface area contributed by atoms with Crippen LogP contribution in [0.25, 0.3) is 0 Å². The van der Waals surface area contributed by atoms with Crippen molar-refractivity contribution in [2.45, 2.75) is 44.8 Å². The van der Waals surface area contributed by atoms with E-state index in [0.717, 1.165) is 35.6 Å². The molecule has 9 nitrogen and oxygen atoms in total. The maximum Gasteiger partial charge on any atom is 0.319 e. The van der Waals surface area contributed by atoms with Gasteiger partial charge in [0.2, 0.25) is 11.8 Å². The Morgan fingerprint density at radius 2 is 1.88 bits per heavy atom. The Balaban J connectivity index is 1.19. The third-order valence-corrected chi connectivity index (χ3v) is 6.62. The molecule has 3 N–H and O–H groups in total. The number of urea groups is 1. The fourth-order valence-electron chi connectivity index (χ4n) is 4.83. The van der Waals surface area contributed by atoms with Crippen molar-refractivity contribution in [2.24, 2.45) is 0 Å². The van der Waals surface area contributed by atoms with Gasteiger partial charge in [-0.1, -0.05) is 18.2 Å².